The lowest BCUT2D eigenvalue weighted by Crippen LogP contribution is -2.45. The summed E-state index contributed by atoms with van der Waals surface area (Å²) in [5.41, 5.74) is 11.3. The number of aromatic nitrogens is 2. The van der Waals surface area contributed by atoms with E-state index in [2.05, 4.69) is 32.8 Å². The molecule has 27 heavy (non-hydrogen) atoms. The Morgan fingerprint density at radius 3 is 2.96 bits per heavy atom. The fourth-order valence-electron chi connectivity index (χ4n) is 3.37. The molecular formula is C18H26N8O. The summed E-state index contributed by atoms with van der Waals surface area (Å²) in [4.78, 5) is 19.4. The number of fused-ring (bicyclic) bond motifs is 1. The first-order valence-corrected chi connectivity index (χ1v) is 9.31. The van der Waals surface area contributed by atoms with E-state index in [1.54, 1.807) is 5.01 Å². The third kappa shape index (κ3) is 3.41. The Bertz CT molecular complexity index is 832. The van der Waals surface area contributed by atoms with Crippen molar-refractivity contribution in [2.45, 2.75) is 38.6 Å². The SMILES string of the molecule is CC[C@H](C)NC(=O)C1=CC(c2cnn(C3CN(C)C3)c2)=CN2NC(N)N=C12. The molecule has 0 aliphatic carbocycles. The molecule has 1 unspecified atom stereocenters. The van der Waals surface area contributed by atoms with E-state index in [0.29, 0.717) is 17.5 Å². The van der Waals surface area contributed by atoms with Crippen molar-refractivity contribution < 1.29 is 4.79 Å². The number of aliphatic imine (C=N–C) groups is 1. The number of likely N-dealkylation sites (tertiary alicyclic amines) is 1. The van der Waals surface area contributed by atoms with E-state index in [-0.39, 0.29) is 11.9 Å². The largest absolute Gasteiger partial charge is 0.349 e. The molecule has 4 rings (SSSR count). The van der Waals surface area contributed by atoms with E-state index in [1.165, 1.54) is 0 Å². The lowest BCUT2D eigenvalue weighted by molar-refractivity contribution is -0.117. The summed E-state index contributed by atoms with van der Waals surface area (Å²) < 4.78 is 2.00. The molecule has 4 N–H and O–H groups in total. The molecule has 4 heterocycles. The van der Waals surface area contributed by atoms with Crippen LogP contribution in [0, 0.1) is 0 Å². The van der Waals surface area contributed by atoms with Crippen LogP contribution >= 0.6 is 0 Å². The first-order valence-electron chi connectivity index (χ1n) is 9.31. The van der Waals surface area contributed by atoms with E-state index in [9.17, 15) is 4.79 Å². The van der Waals surface area contributed by atoms with Gasteiger partial charge in [-0.05, 0) is 26.5 Å². The molecule has 0 spiro atoms. The predicted molar refractivity (Wildman–Crippen MR) is 103 cm³/mol. The van der Waals surface area contributed by atoms with Crippen LogP contribution < -0.4 is 16.5 Å². The standard InChI is InChI=1S/C18H26N8O/c1-4-11(2)21-17(27)15-5-12(7-26-16(15)22-18(19)23-26)13-6-20-25(8-13)14-9-24(3)10-14/h5-8,11,14,18,23H,4,9-10,19H2,1-3H3,(H,21,27)/t11-,18?/m0/s1. The van der Waals surface area contributed by atoms with Gasteiger partial charge in [-0.3, -0.25) is 20.2 Å². The highest BCUT2D eigenvalue weighted by atomic mass is 16.1. The van der Waals surface area contributed by atoms with E-state index in [1.807, 2.05) is 43.2 Å². The summed E-state index contributed by atoms with van der Waals surface area (Å²) in [6, 6.07) is 0.490. The van der Waals surface area contributed by atoms with Crippen LogP contribution in [0.5, 0.6) is 0 Å². The third-order valence-electron chi connectivity index (χ3n) is 5.16. The number of likely N-dealkylation sites (N-methyl/N-ethyl adjacent to an activating group) is 1. The molecule has 1 fully saturated rings. The van der Waals surface area contributed by atoms with Gasteiger partial charge in [-0.2, -0.15) is 10.5 Å². The highest BCUT2D eigenvalue weighted by molar-refractivity contribution is 6.23. The summed E-state index contributed by atoms with van der Waals surface area (Å²) in [6.45, 7) is 6.01. The number of hydrogen-bond donors (Lipinski definition) is 3. The van der Waals surface area contributed by atoms with Crippen LogP contribution in [0.1, 0.15) is 31.9 Å². The van der Waals surface area contributed by atoms with Crippen LogP contribution in [0.2, 0.25) is 0 Å². The van der Waals surface area contributed by atoms with Crippen LogP contribution in [-0.2, 0) is 4.79 Å². The van der Waals surface area contributed by atoms with Gasteiger partial charge in [0.25, 0.3) is 5.91 Å². The van der Waals surface area contributed by atoms with Crippen molar-refractivity contribution in [1.29, 1.82) is 0 Å². The number of nitrogens with two attached hydrogens (primary N) is 1. The Hall–Kier alpha value is -2.49. The summed E-state index contributed by atoms with van der Waals surface area (Å²) in [7, 11) is 2.10. The molecule has 0 aromatic carbocycles. The van der Waals surface area contributed by atoms with Gasteiger partial charge >= 0.3 is 0 Å². The molecule has 3 aliphatic heterocycles. The Morgan fingerprint density at radius 1 is 1.48 bits per heavy atom. The van der Waals surface area contributed by atoms with Gasteiger partial charge in [-0.25, -0.2) is 4.99 Å². The number of hydrazine groups is 1. The fraction of sp³-hybridized carbons (Fsp3) is 0.500. The smallest absolute Gasteiger partial charge is 0.255 e. The second-order valence-corrected chi connectivity index (χ2v) is 7.41. The minimum Gasteiger partial charge on any atom is -0.349 e. The third-order valence-corrected chi connectivity index (χ3v) is 5.16. The van der Waals surface area contributed by atoms with Crippen molar-refractivity contribution in [2.75, 3.05) is 20.1 Å². The van der Waals surface area contributed by atoms with E-state index >= 15 is 0 Å². The molecule has 3 aliphatic rings. The number of rotatable bonds is 5. The van der Waals surface area contributed by atoms with Crippen molar-refractivity contribution in [3.8, 4) is 0 Å². The van der Waals surface area contributed by atoms with Crippen LogP contribution in [-0.4, -0.2) is 63.9 Å². The van der Waals surface area contributed by atoms with E-state index in [4.69, 9.17) is 5.73 Å². The van der Waals surface area contributed by atoms with Crippen molar-refractivity contribution >= 4 is 17.3 Å². The molecular weight excluding hydrogens is 344 g/mol. The number of nitrogens with one attached hydrogen (secondary N) is 2. The molecule has 0 radical (unpaired) electrons. The number of carbonyl (C=O) groups is 1. The highest BCUT2D eigenvalue weighted by Gasteiger charge is 2.32. The number of nitrogens with zero attached hydrogens (tertiary/aromatic N) is 5. The molecule has 2 atom stereocenters. The lowest BCUT2D eigenvalue weighted by Gasteiger charge is -2.36. The normalized spacial score (nSPS) is 23.9. The molecule has 144 valence electrons. The van der Waals surface area contributed by atoms with Gasteiger partial charge in [-0.15, -0.1) is 0 Å². The summed E-state index contributed by atoms with van der Waals surface area (Å²) in [5, 5.41) is 9.24. The van der Waals surface area contributed by atoms with E-state index in [0.717, 1.165) is 30.6 Å². The molecule has 1 amide bonds. The zero-order chi connectivity index (χ0) is 19.1. The van der Waals surface area contributed by atoms with Crippen LogP contribution in [0.15, 0.2) is 35.2 Å². The quantitative estimate of drug-likeness (QED) is 0.675. The van der Waals surface area contributed by atoms with Gasteiger partial charge < -0.3 is 10.2 Å². The molecule has 1 aromatic heterocycles. The minimum atomic E-state index is -0.566. The Labute approximate surface area is 158 Å². The summed E-state index contributed by atoms with van der Waals surface area (Å²) in [5.74, 6) is 0.391. The summed E-state index contributed by atoms with van der Waals surface area (Å²) in [6.07, 6.45) is 7.92. The lowest BCUT2D eigenvalue weighted by atomic mass is 10.0. The first-order chi connectivity index (χ1) is 12.9. The second-order valence-electron chi connectivity index (χ2n) is 7.41. The summed E-state index contributed by atoms with van der Waals surface area (Å²) >= 11 is 0. The van der Waals surface area contributed by atoms with Crippen molar-refractivity contribution in [3.05, 3.63) is 35.8 Å². The van der Waals surface area contributed by atoms with Gasteiger partial charge in [-0.1, -0.05) is 6.92 Å². The molecule has 1 saturated heterocycles. The number of amidine groups is 1. The van der Waals surface area contributed by atoms with Gasteiger partial charge in [0.05, 0.1) is 17.8 Å². The second kappa shape index (κ2) is 6.91. The topological polar surface area (TPSA) is 104 Å². The van der Waals surface area contributed by atoms with E-state index < -0.39 is 6.29 Å². The molecule has 9 nitrogen and oxygen atoms in total. The zero-order valence-corrected chi connectivity index (χ0v) is 15.9. The van der Waals surface area contributed by atoms with Crippen molar-refractivity contribution in [3.63, 3.8) is 0 Å². The van der Waals surface area contributed by atoms with Gasteiger partial charge in [0.2, 0.25) is 0 Å². The van der Waals surface area contributed by atoms with Gasteiger partial charge in [0.15, 0.2) is 12.1 Å². The van der Waals surface area contributed by atoms with Gasteiger partial charge in [0, 0.05) is 42.7 Å². The Kier molecular flexibility index (Phi) is 4.58. The zero-order valence-electron chi connectivity index (χ0n) is 15.9. The minimum absolute atomic E-state index is 0.0863. The van der Waals surface area contributed by atoms with Crippen molar-refractivity contribution in [2.24, 2.45) is 10.7 Å². The maximum atomic E-state index is 12.8. The molecule has 0 bridgehead atoms. The number of carbonyl (C=O) groups excluding carboxylic acids is 1. The predicted octanol–water partition coefficient (Wildman–Crippen LogP) is 0.0262. The van der Waals surface area contributed by atoms with Crippen LogP contribution in [0.3, 0.4) is 0 Å². The first kappa shape index (κ1) is 17.9. The Balaban J connectivity index is 1.62. The van der Waals surface area contributed by atoms with Crippen LogP contribution in [0.25, 0.3) is 5.57 Å². The molecule has 0 saturated carbocycles. The number of hydrogen-bond acceptors (Lipinski definition) is 7. The van der Waals surface area contributed by atoms with Gasteiger partial charge in [0.1, 0.15) is 0 Å². The Morgan fingerprint density at radius 2 is 2.26 bits per heavy atom. The number of amides is 1. The molecule has 9 heteroatoms. The maximum absolute atomic E-state index is 12.8. The average Bonchev–Trinajstić information content (AvgIpc) is 3.23. The molecule has 1 aromatic rings. The van der Waals surface area contributed by atoms with Crippen molar-refractivity contribution in [1.82, 2.24) is 30.4 Å². The highest BCUT2D eigenvalue weighted by Crippen LogP contribution is 2.27. The number of allylic oxidation sites excluding steroid dienone is 2. The fourth-order valence-corrected chi connectivity index (χ4v) is 3.37. The van der Waals surface area contributed by atoms with Crippen LogP contribution in [0.4, 0.5) is 0 Å². The average molecular weight is 370 g/mol. The monoisotopic (exact) mass is 370 g/mol. The maximum Gasteiger partial charge on any atom is 0.255 e.